The van der Waals surface area contributed by atoms with Crippen LogP contribution in [0.5, 0.6) is 0 Å². The average molecular weight is 302 g/mol. The predicted octanol–water partition coefficient (Wildman–Crippen LogP) is 5.33. The smallest absolute Gasteiger partial charge is 0.160 e. The van der Waals surface area contributed by atoms with E-state index < -0.39 is 0 Å². The molecule has 0 aliphatic carbocycles. The zero-order chi connectivity index (χ0) is 16.1. The summed E-state index contributed by atoms with van der Waals surface area (Å²) in [4.78, 5) is 9.79. The van der Waals surface area contributed by atoms with Gasteiger partial charge in [0.25, 0.3) is 0 Å². The number of nitrogens with zero attached hydrogens (tertiary/aromatic N) is 2. The Kier molecular flexibility index (Phi) is 4.82. The molecule has 2 aromatic carbocycles. The molecule has 2 nitrogen and oxygen atoms in total. The molecule has 0 bridgehead atoms. The van der Waals surface area contributed by atoms with Crippen LogP contribution in [0.4, 0.5) is 0 Å². The molecule has 3 aromatic rings. The van der Waals surface area contributed by atoms with Gasteiger partial charge in [0, 0.05) is 16.8 Å². The Balaban J connectivity index is 2.22. The van der Waals surface area contributed by atoms with Gasteiger partial charge in [-0.15, -0.1) is 0 Å². The first-order valence-electron chi connectivity index (χ1n) is 8.34. The van der Waals surface area contributed by atoms with Crippen LogP contribution in [0, 0.1) is 0 Å². The number of rotatable bonds is 5. The van der Waals surface area contributed by atoms with E-state index in [2.05, 4.69) is 50.2 Å². The molecule has 0 amide bonds. The molecule has 0 aliphatic rings. The zero-order valence-electron chi connectivity index (χ0n) is 13.8. The first-order valence-corrected chi connectivity index (χ1v) is 8.34. The highest BCUT2D eigenvalue weighted by Gasteiger charge is 2.14. The van der Waals surface area contributed by atoms with E-state index in [1.165, 1.54) is 16.8 Å². The lowest BCUT2D eigenvalue weighted by molar-refractivity contribution is 0.849. The second-order valence-electron chi connectivity index (χ2n) is 5.66. The van der Waals surface area contributed by atoms with E-state index in [0.717, 1.165) is 36.3 Å². The summed E-state index contributed by atoms with van der Waals surface area (Å²) < 4.78 is 0. The third-order valence-electron chi connectivity index (χ3n) is 4.01. The highest BCUT2D eigenvalue weighted by atomic mass is 14.9. The van der Waals surface area contributed by atoms with Gasteiger partial charge in [-0.3, -0.25) is 0 Å². The van der Waals surface area contributed by atoms with Gasteiger partial charge in [-0.25, -0.2) is 9.97 Å². The lowest BCUT2D eigenvalue weighted by atomic mass is 9.99. The number of hydrogen-bond donors (Lipinski definition) is 0. The first kappa shape index (κ1) is 15.4. The van der Waals surface area contributed by atoms with Crippen LogP contribution in [0.25, 0.3) is 22.6 Å². The fraction of sp³-hybridized carbons (Fsp3) is 0.238. The summed E-state index contributed by atoms with van der Waals surface area (Å²) in [7, 11) is 0. The normalized spacial score (nSPS) is 10.7. The molecule has 3 rings (SSSR count). The van der Waals surface area contributed by atoms with E-state index >= 15 is 0 Å². The molecule has 1 aromatic heterocycles. The summed E-state index contributed by atoms with van der Waals surface area (Å²) in [5.74, 6) is 0.824. The maximum Gasteiger partial charge on any atom is 0.160 e. The Morgan fingerprint density at radius 3 is 1.91 bits per heavy atom. The predicted molar refractivity (Wildman–Crippen MR) is 96.3 cm³/mol. The lowest BCUT2D eigenvalue weighted by Gasteiger charge is -2.14. The summed E-state index contributed by atoms with van der Waals surface area (Å²) in [6, 6.07) is 20.7. The fourth-order valence-corrected chi connectivity index (χ4v) is 2.90. The fourth-order valence-electron chi connectivity index (χ4n) is 2.90. The molecule has 0 N–H and O–H groups in total. The number of benzene rings is 2. The topological polar surface area (TPSA) is 25.8 Å². The van der Waals surface area contributed by atoms with Gasteiger partial charge in [0.1, 0.15) is 0 Å². The Morgan fingerprint density at radius 2 is 1.35 bits per heavy atom. The Hall–Kier alpha value is -2.48. The van der Waals surface area contributed by atoms with E-state index in [1.54, 1.807) is 0 Å². The molecule has 0 unspecified atom stereocenters. The SMILES string of the molecule is CCCc1nc(-c2ccccc2)nc(-c2ccccc2)c1CC. The van der Waals surface area contributed by atoms with Gasteiger partial charge in [0.15, 0.2) is 5.82 Å². The van der Waals surface area contributed by atoms with Crippen molar-refractivity contribution in [2.75, 3.05) is 0 Å². The molecule has 0 radical (unpaired) electrons. The largest absolute Gasteiger partial charge is 0.233 e. The minimum atomic E-state index is 0.824. The van der Waals surface area contributed by atoms with E-state index in [9.17, 15) is 0 Å². The van der Waals surface area contributed by atoms with Gasteiger partial charge in [-0.2, -0.15) is 0 Å². The molecule has 1 heterocycles. The first-order chi connectivity index (χ1) is 11.3. The third-order valence-corrected chi connectivity index (χ3v) is 4.01. The molecular formula is C21H22N2. The molecular weight excluding hydrogens is 280 g/mol. The van der Waals surface area contributed by atoms with Gasteiger partial charge < -0.3 is 0 Å². The standard InChI is InChI=1S/C21H22N2/c1-3-11-19-18(4-2)20(16-12-7-5-8-13-16)23-21(22-19)17-14-9-6-10-15-17/h5-10,12-15H,3-4,11H2,1-2H3. The average Bonchev–Trinajstić information content (AvgIpc) is 2.63. The highest BCUT2D eigenvalue weighted by molar-refractivity contribution is 5.67. The van der Waals surface area contributed by atoms with E-state index in [0.29, 0.717) is 0 Å². The minimum Gasteiger partial charge on any atom is -0.233 e. The Morgan fingerprint density at radius 1 is 0.739 bits per heavy atom. The van der Waals surface area contributed by atoms with Crippen LogP contribution < -0.4 is 0 Å². The van der Waals surface area contributed by atoms with Crippen LogP contribution in [-0.4, -0.2) is 9.97 Å². The third kappa shape index (κ3) is 3.31. The summed E-state index contributed by atoms with van der Waals surface area (Å²) in [5, 5.41) is 0. The number of hydrogen-bond acceptors (Lipinski definition) is 2. The molecule has 0 spiro atoms. The summed E-state index contributed by atoms with van der Waals surface area (Å²) in [6.07, 6.45) is 3.03. The number of aryl methyl sites for hydroxylation is 1. The van der Waals surface area contributed by atoms with Crippen molar-refractivity contribution in [3.8, 4) is 22.6 Å². The maximum absolute atomic E-state index is 4.92. The van der Waals surface area contributed by atoms with Crippen LogP contribution in [0.2, 0.25) is 0 Å². The van der Waals surface area contributed by atoms with Gasteiger partial charge in [0.2, 0.25) is 0 Å². The van der Waals surface area contributed by atoms with Gasteiger partial charge in [-0.1, -0.05) is 80.9 Å². The van der Waals surface area contributed by atoms with E-state index in [1.807, 2.05) is 24.3 Å². The van der Waals surface area contributed by atoms with Crippen LogP contribution in [0.1, 0.15) is 31.5 Å². The van der Waals surface area contributed by atoms with Crippen molar-refractivity contribution in [1.29, 1.82) is 0 Å². The second kappa shape index (κ2) is 7.19. The van der Waals surface area contributed by atoms with Crippen LogP contribution >= 0.6 is 0 Å². The molecule has 0 fully saturated rings. The monoisotopic (exact) mass is 302 g/mol. The Bertz CT molecular complexity index is 765. The summed E-state index contributed by atoms with van der Waals surface area (Å²) in [5.41, 5.74) is 5.77. The molecule has 23 heavy (non-hydrogen) atoms. The molecule has 0 saturated heterocycles. The maximum atomic E-state index is 4.92. The highest BCUT2D eigenvalue weighted by Crippen LogP contribution is 2.28. The number of aromatic nitrogens is 2. The van der Waals surface area contributed by atoms with Crippen LogP contribution in [0.3, 0.4) is 0 Å². The minimum absolute atomic E-state index is 0.824. The van der Waals surface area contributed by atoms with Crippen molar-refractivity contribution in [3.63, 3.8) is 0 Å². The van der Waals surface area contributed by atoms with E-state index in [-0.39, 0.29) is 0 Å². The van der Waals surface area contributed by atoms with Gasteiger partial charge in [-0.05, 0) is 18.4 Å². The van der Waals surface area contributed by atoms with Crippen molar-refractivity contribution in [3.05, 3.63) is 71.9 Å². The molecule has 0 atom stereocenters. The summed E-state index contributed by atoms with van der Waals surface area (Å²) >= 11 is 0. The summed E-state index contributed by atoms with van der Waals surface area (Å²) in [6.45, 7) is 4.39. The van der Waals surface area contributed by atoms with Crippen molar-refractivity contribution in [1.82, 2.24) is 9.97 Å². The quantitative estimate of drug-likeness (QED) is 0.637. The van der Waals surface area contributed by atoms with Crippen molar-refractivity contribution in [2.45, 2.75) is 33.1 Å². The molecule has 0 saturated carbocycles. The van der Waals surface area contributed by atoms with Crippen molar-refractivity contribution < 1.29 is 0 Å². The molecule has 2 heteroatoms. The van der Waals surface area contributed by atoms with Gasteiger partial charge in [0.05, 0.1) is 5.69 Å². The van der Waals surface area contributed by atoms with Crippen LogP contribution in [-0.2, 0) is 12.8 Å². The Labute approximate surface area is 138 Å². The molecule has 116 valence electrons. The zero-order valence-corrected chi connectivity index (χ0v) is 13.8. The van der Waals surface area contributed by atoms with Gasteiger partial charge >= 0.3 is 0 Å². The van der Waals surface area contributed by atoms with Crippen molar-refractivity contribution >= 4 is 0 Å². The molecule has 0 aliphatic heterocycles. The van der Waals surface area contributed by atoms with Crippen LogP contribution in [0.15, 0.2) is 60.7 Å². The van der Waals surface area contributed by atoms with E-state index in [4.69, 9.17) is 9.97 Å². The lowest BCUT2D eigenvalue weighted by Crippen LogP contribution is -2.05. The van der Waals surface area contributed by atoms with Crippen molar-refractivity contribution in [2.24, 2.45) is 0 Å². The second-order valence-corrected chi connectivity index (χ2v) is 5.66.